The van der Waals surface area contributed by atoms with Gasteiger partial charge in [-0.05, 0) is 19.8 Å². The number of hydrogen-bond donors (Lipinski definition) is 1. The summed E-state index contributed by atoms with van der Waals surface area (Å²) in [5, 5.41) is 3.53. The van der Waals surface area contributed by atoms with Crippen molar-refractivity contribution in [3.05, 3.63) is 29.6 Å². The second-order valence-electron chi connectivity index (χ2n) is 6.06. The molecule has 110 valence electrons. The molecule has 3 rings (SSSR count). The van der Waals surface area contributed by atoms with Crippen molar-refractivity contribution in [1.29, 1.82) is 0 Å². The third-order valence-corrected chi connectivity index (χ3v) is 4.61. The van der Waals surface area contributed by atoms with Crippen molar-refractivity contribution in [1.82, 2.24) is 5.32 Å². The van der Waals surface area contributed by atoms with Crippen LogP contribution in [0.1, 0.15) is 32.6 Å². The van der Waals surface area contributed by atoms with E-state index in [0.717, 1.165) is 37.8 Å². The highest BCUT2D eigenvalue weighted by atomic mass is 19.1. The van der Waals surface area contributed by atoms with E-state index >= 15 is 0 Å². The summed E-state index contributed by atoms with van der Waals surface area (Å²) in [6, 6.07) is 1.50. The summed E-state index contributed by atoms with van der Waals surface area (Å²) < 4.78 is 41.1. The smallest absolute Gasteiger partial charge is 0.152 e. The molecule has 1 aliphatic heterocycles. The van der Waals surface area contributed by atoms with Gasteiger partial charge in [-0.2, -0.15) is 0 Å². The van der Waals surface area contributed by atoms with Gasteiger partial charge < -0.3 is 10.2 Å². The fourth-order valence-electron chi connectivity index (χ4n) is 3.51. The first kappa shape index (κ1) is 13.7. The quantitative estimate of drug-likeness (QED) is 0.852. The second kappa shape index (κ2) is 4.95. The Morgan fingerprint density at radius 2 is 1.75 bits per heavy atom. The fraction of sp³-hybridized carbons (Fsp3) is 0.600. The van der Waals surface area contributed by atoms with Crippen LogP contribution in [-0.2, 0) is 0 Å². The molecule has 1 atom stereocenters. The predicted molar refractivity (Wildman–Crippen MR) is 72.3 cm³/mol. The number of anilines is 1. The zero-order valence-corrected chi connectivity index (χ0v) is 11.6. The van der Waals surface area contributed by atoms with Crippen LogP contribution in [0.25, 0.3) is 0 Å². The minimum atomic E-state index is -0.873. The lowest BCUT2D eigenvalue weighted by atomic mass is 9.92. The van der Waals surface area contributed by atoms with Crippen LogP contribution in [-0.4, -0.2) is 24.7 Å². The van der Waals surface area contributed by atoms with E-state index < -0.39 is 17.5 Å². The fourth-order valence-corrected chi connectivity index (χ4v) is 3.51. The first-order chi connectivity index (χ1) is 9.51. The number of piperazine rings is 1. The molecule has 0 radical (unpaired) electrons. The summed E-state index contributed by atoms with van der Waals surface area (Å²) in [5.41, 5.74) is -0.133. The molecule has 0 bridgehead atoms. The van der Waals surface area contributed by atoms with Gasteiger partial charge in [-0.3, -0.25) is 0 Å². The van der Waals surface area contributed by atoms with Gasteiger partial charge in [0.1, 0.15) is 11.5 Å². The van der Waals surface area contributed by atoms with Gasteiger partial charge >= 0.3 is 0 Å². The highest BCUT2D eigenvalue weighted by molar-refractivity contribution is 5.51. The summed E-state index contributed by atoms with van der Waals surface area (Å²) in [5.74, 6) is -2.50. The standard InChI is InChI=1S/C15H19F3N2/c1-10-8-19-15(4-2-3-5-15)9-20(10)14-12(17)6-11(16)7-13(14)18/h6-7,10,19H,2-5,8-9H2,1H3. The Bertz CT molecular complexity index is 489. The van der Waals surface area contributed by atoms with Crippen molar-refractivity contribution in [3.63, 3.8) is 0 Å². The summed E-state index contributed by atoms with van der Waals surface area (Å²) in [6.07, 6.45) is 4.34. The second-order valence-corrected chi connectivity index (χ2v) is 6.06. The van der Waals surface area contributed by atoms with E-state index in [9.17, 15) is 13.2 Å². The third kappa shape index (κ3) is 2.28. The Morgan fingerprint density at radius 1 is 1.15 bits per heavy atom. The Morgan fingerprint density at radius 3 is 2.35 bits per heavy atom. The van der Waals surface area contributed by atoms with Crippen LogP contribution < -0.4 is 10.2 Å². The summed E-state index contributed by atoms with van der Waals surface area (Å²) in [6.45, 7) is 3.20. The van der Waals surface area contributed by atoms with Crippen LogP contribution in [0.3, 0.4) is 0 Å². The van der Waals surface area contributed by atoms with Crippen LogP contribution in [0.2, 0.25) is 0 Å². The molecule has 1 heterocycles. The van der Waals surface area contributed by atoms with Crippen LogP contribution in [0, 0.1) is 17.5 Å². The zero-order chi connectivity index (χ0) is 14.3. The number of halogens is 3. The molecule has 1 aliphatic carbocycles. The van der Waals surface area contributed by atoms with Gasteiger partial charge in [0.05, 0.1) is 0 Å². The van der Waals surface area contributed by atoms with Crippen LogP contribution in [0.15, 0.2) is 12.1 Å². The average Bonchev–Trinajstić information content (AvgIpc) is 2.81. The average molecular weight is 284 g/mol. The maximum absolute atomic E-state index is 14.0. The highest BCUT2D eigenvalue weighted by Crippen LogP contribution is 2.36. The van der Waals surface area contributed by atoms with Gasteiger partial charge in [-0.1, -0.05) is 12.8 Å². The lowest BCUT2D eigenvalue weighted by Gasteiger charge is -2.46. The molecule has 0 aromatic heterocycles. The number of rotatable bonds is 1. The monoisotopic (exact) mass is 284 g/mol. The predicted octanol–water partition coefficient (Wildman–Crippen LogP) is 3.21. The molecule has 1 N–H and O–H groups in total. The molecule has 1 aromatic rings. The Kier molecular flexibility index (Phi) is 3.40. The molecule has 1 aromatic carbocycles. The third-order valence-electron chi connectivity index (χ3n) is 4.61. The lowest BCUT2D eigenvalue weighted by Crippen LogP contribution is -2.63. The normalized spacial score (nSPS) is 25.4. The molecule has 5 heteroatoms. The largest absolute Gasteiger partial charge is 0.361 e. The van der Waals surface area contributed by atoms with Gasteiger partial charge in [0.2, 0.25) is 0 Å². The van der Waals surface area contributed by atoms with Crippen molar-refractivity contribution in [2.24, 2.45) is 0 Å². The molecule has 1 spiro atoms. The topological polar surface area (TPSA) is 15.3 Å². The maximum Gasteiger partial charge on any atom is 0.152 e. The van der Waals surface area contributed by atoms with E-state index in [1.807, 2.05) is 6.92 Å². The summed E-state index contributed by atoms with van der Waals surface area (Å²) in [4.78, 5) is 1.76. The van der Waals surface area contributed by atoms with Crippen LogP contribution in [0.4, 0.5) is 18.9 Å². The number of benzene rings is 1. The molecule has 20 heavy (non-hydrogen) atoms. The molecule has 1 unspecified atom stereocenters. The van der Waals surface area contributed by atoms with E-state index in [-0.39, 0.29) is 17.3 Å². The zero-order valence-electron chi connectivity index (χ0n) is 11.6. The first-order valence-electron chi connectivity index (χ1n) is 7.17. The maximum atomic E-state index is 14.0. The minimum Gasteiger partial charge on any atom is -0.361 e. The molecule has 2 aliphatic rings. The van der Waals surface area contributed by atoms with Crippen LogP contribution in [0.5, 0.6) is 0 Å². The Hall–Kier alpha value is -1.23. The Balaban J connectivity index is 1.95. The number of nitrogens with one attached hydrogen (secondary N) is 1. The van der Waals surface area contributed by atoms with Crippen molar-refractivity contribution in [2.75, 3.05) is 18.0 Å². The van der Waals surface area contributed by atoms with Gasteiger partial charge in [0.15, 0.2) is 11.6 Å². The van der Waals surface area contributed by atoms with Crippen LogP contribution >= 0.6 is 0 Å². The number of nitrogens with zero attached hydrogens (tertiary/aromatic N) is 1. The Labute approximate surface area is 117 Å². The molecule has 1 saturated heterocycles. The summed E-state index contributed by atoms with van der Waals surface area (Å²) >= 11 is 0. The van der Waals surface area contributed by atoms with Gasteiger partial charge in [-0.25, -0.2) is 13.2 Å². The molecule has 0 amide bonds. The van der Waals surface area contributed by atoms with Crippen molar-refractivity contribution < 1.29 is 13.2 Å². The van der Waals surface area contributed by atoms with Crippen molar-refractivity contribution >= 4 is 5.69 Å². The molecule has 2 nitrogen and oxygen atoms in total. The summed E-state index contributed by atoms with van der Waals surface area (Å²) in [7, 11) is 0. The number of hydrogen-bond acceptors (Lipinski definition) is 2. The van der Waals surface area contributed by atoms with E-state index in [4.69, 9.17) is 0 Å². The van der Waals surface area contributed by atoms with Gasteiger partial charge in [0, 0.05) is 36.8 Å². The van der Waals surface area contributed by atoms with Gasteiger partial charge in [-0.15, -0.1) is 0 Å². The highest BCUT2D eigenvalue weighted by Gasteiger charge is 2.41. The van der Waals surface area contributed by atoms with E-state index in [1.54, 1.807) is 4.90 Å². The van der Waals surface area contributed by atoms with E-state index in [1.165, 1.54) is 0 Å². The van der Waals surface area contributed by atoms with Crippen molar-refractivity contribution in [2.45, 2.75) is 44.2 Å². The molecule has 2 fully saturated rings. The van der Waals surface area contributed by atoms with Crippen molar-refractivity contribution in [3.8, 4) is 0 Å². The molecular weight excluding hydrogens is 265 g/mol. The van der Waals surface area contributed by atoms with E-state index in [0.29, 0.717) is 13.1 Å². The SMILES string of the molecule is CC1CNC2(CCCC2)CN1c1c(F)cc(F)cc1F. The lowest BCUT2D eigenvalue weighted by molar-refractivity contribution is 0.273. The molecular formula is C15H19F3N2. The molecule has 1 saturated carbocycles. The minimum absolute atomic E-state index is 0.0179. The first-order valence-corrected chi connectivity index (χ1v) is 7.17. The van der Waals surface area contributed by atoms with E-state index in [2.05, 4.69) is 5.32 Å². The van der Waals surface area contributed by atoms with Gasteiger partial charge in [0.25, 0.3) is 0 Å².